The highest BCUT2D eigenvalue weighted by Crippen LogP contribution is 2.44. The molecular formula is C41H43F5N6O4. The van der Waals surface area contributed by atoms with E-state index in [-0.39, 0.29) is 54.4 Å². The van der Waals surface area contributed by atoms with E-state index >= 15 is 8.78 Å². The predicted molar refractivity (Wildman–Crippen MR) is 199 cm³/mol. The quantitative estimate of drug-likeness (QED) is 0.144. The van der Waals surface area contributed by atoms with Crippen LogP contribution >= 0.6 is 0 Å². The number of fused-ring (bicyclic) bond motifs is 4. The molecule has 0 saturated carbocycles. The number of terminal acetylenes is 1. The van der Waals surface area contributed by atoms with Crippen molar-refractivity contribution in [1.29, 1.82) is 0 Å². The van der Waals surface area contributed by atoms with Crippen LogP contribution in [0.4, 0.5) is 32.6 Å². The number of amides is 1. The van der Waals surface area contributed by atoms with E-state index in [0.29, 0.717) is 78.6 Å². The fraction of sp³-hybridized carbons (Fsp3) is 0.512. The van der Waals surface area contributed by atoms with Gasteiger partial charge in [0.05, 0.1) is 34.3 Å². The Labute approximate surface area is 321 Å². The summed E-state index contributed by atoms with van der Waals surface area (Å²) in [5, 5.41) is 1.33. The van der Waals surface area contributed by atoms with Crippen molar-refractivity contribution >= 4 is 33.6 Å². The van der Waals surface area contributed by atoms with Gasteiger partial charge in [-0.05, 0) is 77.3 Å². The minimum Gasteiger partial charge on any atom is -0.461 e. The highest BCUT2D eigenvalue weighted by atomic mass is 19.4. The monoisotopic (exact) mass is 778 g/mol. The van der Waals surface area contributed by atoms with Gasteiger partial charge in [-0.3, -0.25) is 9.64 Å². The first-order chi connectivity index (χ1) is 26.6. The number of benzene rings is 2. The number of ether oxygens (including phenoxy) is 3. The largest absolute Gasteiger partial charge is 0.522 e. The highest BCUT2D eigenvalue weighted by molar-refractivity contribution is 6.03. The van der Waals surface area contributed by atoms with Crippen molar-refractivity contribution in [3.63, 3.8) is 0 Å². The lowest BCUT2D eigenvalue weighted by Gasteiger charge is -2.46. The van der Waals surface area contributed by atoms with Crippen LogP contribution in [0.1, 0.15) is 71.1 Å². The molecule has 6 heterocycles. The van der Waals surface area contributed by atoms with Gasteiger partial charge in [-0.2, -0.15) is 9.97 Å². The normalized spacial score (nSPS) is 23.9. The Morgan fingerprint density at radius 2 is 1.86 bits per heavy atom. The standard InChI is InChI=1S/C41H43F5N6O4/c1-6-24-19-51-25(20-52(24)38(53)56-39(3,4)5)13-15-30-32-35(33(43)34(47-30)28-11-8-10-23-12-14-29(42)27(7-2)31(23)28)48-37(49-36(32)51)54-22-40-16-9-17-50(40)21-26(18-40)55-41(44,45)46/h2,8,10-12,14,24-26H,6,9,13,15-22H2,1,3-5H3/t24-,25-,26?,40?/m1/s1. The molecule has 10 nitrogen and oxygen atoms in total. The summed E-state index contributed by atoms with van der Waals surface area (Å²) in [5.41, 5.74) is -0.792. The summed E-state index contributed by atoms with van der Waals surface area (Å²) >= 11 is 0. The number of hydrogen-bond acceptors (Lipinski definition) is 9. The van der Waals surface area contributed by atoms with Crippen LogP contribution in [-0.2, 0) is 15.9 Å². The lowest BCUT2D eigenvalue weighted by molar-refractivity contribution is -0.340. The van der Waals surface area contributed by atoms with Crippen molar-refractivity contribution in [3.8, 4) is 29.6 Å². The Bertz CT molecular complexity index is 2260. The van der Waals surface area contributed by atoms with Gasteiger partial charge in [0.25, 0.3) is 0 Å². The number of rotatable bonds is 6. The molecular weight excluding hydrogens is 735 g/mol. The second-order valence-electron chi connectivity index (χ2n) is 16.2. The summed E-state index contributed by atoms with van der Waals surface area (Å²) in [6.45, 7) is 8.75. The number of hydrogen-bond donors (Lipinski definition) is 0. The number of alkyl halides is 3. The number of aryl methyl sites for hydroxylation is 1. The van der Waals surface area contributed by atoms with Crippen LogP contribution < -0.4 is 9.64 Å². The number of aromatic nitrogens is 3. The molecule has 2 aromatic heterocycles. The number of carbonyl (C=O) groups is 1. The van der Waals surface area contributed by atoms with Crippen molar-refractivity contribution in [1.82, 2.24) is 24.8 Å². The molecule has 4 aliphatic heterocycles. The number of carbonyl (C=O) groups excluding carboxylic acids is 1. The van der Waals surface area contributed by atoms with Gasteiger partial charge in [-0.15, -0.1) is 19.6 Å². The van der Waals surface area contributed by atoms with Crippen LogP contribution in [0.2, 0.25) is 0 Å². The Balaban J connectivity index is 1.25. The molecule has 2 aromatic carbocycles. The SMILES string of the molecule is C#Cc1c(F)ccc2cccc(-c3nc4c5c(nc(OCC67CCCN6CC(OC(F)(F)F)C7)nc5c3F)N3C[C@@H](CC)N(C(=O)OC(C)(C)C)C[C@H]3CC4)c12. The number of nitrogens with zero attached hydrogens (tertiary/aromatic N) is 6. The second kappa shape index (κ2) is 14.0. The number of halogens is 5. The van der Waals surface area contributed by atoms with Crippen molar-refractivity contribution in [2.24, 2.45) is 0 Å². The van der Waals surface area contributed by atoms with E-state index in [1.54, 1.807) is 29.2 Å². The molecule has 3 fully saturated rings. The zero-order valence-electron chi connectivity index (χ0n) is 31.7. The lowest BCUT2D eigenvalue weighted by atomic mass is 9.94. The summed E-state index contributed by atoms with van der Waals surface area (Å²) in [4.78, 5) is 33.7. The van der Waals surface area contributed by atoms with Gasteiger partial charge < -0.3 is 19.3 Å². The predicted octanol–water partition coefficient (Wildman–Crippen LogP) is 7.78. The molecule has 3 saturated heterocycles. The van der Waals surface area contributed by atoms with E-state index in [2.05, 4.69) is 20.5 Å². The van der Waals surface area contributed by atoms with Crippen LogP contribution in [0, 0.1) is 24.0 Å². The molecule has 0 N–H and O–H groups in total. The Hall–Kier alpha value is -4.81. The van der Waals surface area contributed by atoms with Crippen LogP contribution in [0.3, 0.4) is 0 Å². The maximum atomic E-state index is 17.3. The summed E-state index contributed by atoms with van der Waals surface area (Å²) in [6, 6.07) is 7.29. The first kappa shape index (κ1) is 38.1. The summed E-state index contributed by atoms with van der Waals surface area (Å²) in [7, 11) is 0. The third-order valence-corrected chi connectivity index (χ3v) is 11.5. The zero-order chi connectivity index (χ0) is 39.7. The second-order valence-corrected chi connectivity index (χ2v) is 16.2. The van der Waals surface area contributed by atoms with Crippen molar-refractivity contribution < 1.29 is 41.0 Å². The highest BCUT2D eigenvalue weighted by Gasteiger charge is 2.52. The van der Waals surface area contributed by atoms with Gasteiger partial charge in [0.2, 0.25) is 0 Å². The Kier molecular flexibility index (Phi) is 9.51. The molecule has 56 heavy (non-hydrogen) atoms. The van der Waals surface area contributed by atoms with E-state index in [0.717, 1.165) is 6.42 Å². The Morgan fingerprint density at radius 1 is 1.05 bits per heavy atom. The van der Waals surface area contributed by atoms with E-state index in [1.807, 2.05) is 32.6 Å². The van der Waals surface area contributed by atoms with Gasteiger partial charge in [0.1, 0.15) is 35.1 Å². The minimum atomic E-state index is -4.77. The first-order valence-corrected chi connectivity index (χ1v) is 19.0. The summed E-state index contributed by atoms with van der Waals surface area (Å²) in [6.07, 6.45) is 2.49. The smallest absolute Gasteiger partial charge is 0.461 e. The zero-order valence-corrected chi connectivity index (χ0v) is 31.7. The fourth-order valence-corrected chi connectivity index (χ4v) is 9.12. The molecule has 8 rings (SSSR count). The average molecular weight is 779 g/mol. The molecule has 4 aromatic rings. The molecule has 0 spiro atoms. The van der Waals surface area contributed by atoms with Crippen LogP contribution in [0.25, 0.3) is 32.9 Å². The third kappa shape index (κ3) is 6.84. The first-order valence-electron chi connectivity index (χ1n) is 19.0. The van der Waals surface area contributed by atoms with E-state index in [1.165, 1.54) is 6.07 Å². The van der Waals surface area contributed by atoms with Gasteiger partial charge in [-0.25, -0.2) is 18.6 Å². The maximum absolute atomic E-state index is 17.3. The number of pyridine rings is 1. The molecule has 0 aliphatic carbocycles. The van der Waals surface area contributed by atoms with Crippen LogP contribution in [0.5, 0.6) is 6.01 Å². The number of piperazine rings is 1. The van der Waals surface area contributed by atoms with E-state index in [9.17, 15) is 18.0 Å². The molecule has 2 unspecified atom stereocenters. The molecule has 1 amide bonds. The molecule has 296 valence electrons. The van der Waals surface area contributed by atoms with Gasteiger partial charge in [0, 0.05) is 36.6 Å². The fourth-order valence-electron chi connectivity index (χ4n) is 9.12. The van der Waals surface area contributed by atoms with Crippen molar-refractivity contribution in [3.05, 3.63) is 53.2 Å². The maximum Gasteiger partial charge on any atom is 0.522 e. The lowest BCUT2D eigenvalue weighted by Crippen LogP contribution is -2.60. The molecule has 4 aliphatic rings. The third-order valence-electron chi connectivity index (χ3n) is 11.5. The Morgan fingerprint density at radius 3 is 2.59 bits per heavy atom. The summed E-state index contributed by atoms with van der Waals surface area (Å²) in [5.74, 6) is 1.41. The minimum absolute atomic E-state index is 0.0209. The van der Waals surface area contributed by atoms with E-state index in [4.69, 9.17) is 25.9 Å². The van der Waals surface area contributed by atoms with E-state index < -0.39 is 41.3 Å². The van der Waals surface area contributed by atoms with Gasteiger partial charge >= 0.3 is 18.5 Å². The van der Waals surface area contributed by atoms with Crippen molar-refractivity contribution in [2.45, 2.75) is 102 Å². The average Bonchev–Trinajstić information content (AvgIpc) is 3.63. The van der Waals surface area contributed by atoms with Gasteiger partial charge in [-0.1, -0.05) is 37.1 Å². The molecule has 4 atom stereocenters. The summed E-state index contributed by atoms with van der Waals surface area (Å²) < 4.78 is 88.7. The van der Waals surface area contributed by atoms with Crippen LogP contribution in [-0.4, -0.2) is 99.3 Å². The van der Waals surface area contributed by atoms with Crippen molar-refractivity contribution in [2.75, 3.05) is 37.7 Å². The van der Waals surface area contributed by atoms with Crippen LogP contribution in [0.15, 0.2) is 30.3 Å². The van der Waals surface area contributed by atoms with Gasteiger partial charge in [0.15, 0.2) is 5.82 Å². The molecule has 0 bridgehead atoms. The topological polar surface area (TPSA) is 93.2 Å². The molecule has 0 radical (unpaired) electrons. The molecule has 15 heteroatoms. The number of anilines is 1.